The van der Waals surface area contributed by atoms with Crippen LogP contribution in [0, 0.1) is 5.92 Å². The molecule has 1 rings (SSSR count). The third-order valence-electron chi connectivity index (χ3n) is 5.88. The van der Waals surface area contributed by atoms with Crippen LogP contribution in [-0.2, 0) is 23.7 Å². The molecule has 0 bridgehead atoms. The molecule has 0 radical (unpaired) electrons. The molecule has 0 aliphatic heterocycles. The van der Waals surface area contributed by atoms with E-state index in [0.717, 1.165) is 19.3 Å². The number of allylic oxidation sites excluding steroid dienone is 2. The van der Waals surface area contributed by atoms with Gasteiger partial charge in [0.15, 0.2) is 0 Å². The molecule has 1 N–H and O–H groups in total. The van der Waals surface area contributed by atoms with Crippen LogP contribution in [0.15, 0.2) is 24.3 Å². The summed E-state index contributed by atoms with van der Waals surface area (Å²) >= 11 is 0. The first-order valence-electron chi connectivity index (χ1n) is 12.3. The van der Waals surface area contributed by atoms with Gasteiger partial charge in [0.2, 0.25) is 0 Å². The van der Waals surface area contributed by atoms with Gasteiger partial charge in [0.25, 0.3) is 0 Å². The SMILES string of the molecule is CCCCCCCCCCCCCCCCOOP(=O)(O)OOC1(C)C=CC=CC1C. The van der Waals surface area contributed by atoms with Crippen molar-refractivity contribution in [2.24, 2.45) is 5.92 Å². The van der Waals surface area contributed by atoms with Gasteiger partial charge in [-0.25, -0.2) is 14.3 Å². The summed E-state index contributed by atoms with van der Waals surface area (Å²) in [6, 6.07) is 0. The van der Waals surface area contributed by atoms with E-state index in [0.29, 0.717) is 0 Å². The van der Waals surface area contributed by atoms with Crippen molar-refractivity contribution < 1.29 is 28.6 Å². The van der Waals surface area contributed by atoms with Gasteiger partial charge in [-0.2, -0.15) is 0 Å². The lowest BCUT2D eigenvalue weighted by atomic mass is 9.87. The van der Waals surface area contributed by atoms with Crippen LogP contribution in [0.3, 0.4) is 0 Å². The summed E-state index contributed by atoms with van der Waals surface area (Å²) in [5.74, 6) is -0.00559. The maximum absolute atomic E-state index is 11.9. The second-order valence-electron chi connectivity index (χ2n) is 8.84. The van der Waals surface area contributed by atoms with Crippen LogP contribution in [0.4, 0.5) is 0 Å². The summed E-state index contributed by atoms with van der Waals surface area (Å²) in [6.45, 7) is 6.21. The van der Waals surface area contributed by atoms with Gasteiger partial charge in [-0.1, -0.05) is 116 Å². The molecule has 7 heteroatoms. The zero-order chi connectivity index (χ0) is 22.8. The van der Waals surface area contributed by atoms with Crippen molar-refractivity contribution in [3.8, 4) is 0 Å². The van der Waals surface area contributed by atoms with E-state index in [1.165, 1.54) is 70.6 Å². The van der Waals surface area contributed by atoms with E-state index in [9.17, 15) is 9.46 Å². The Morgan fingerprint density at radius 1 is 0.839 bits per heavy atom. The van der Waals surface area contributed by atoms with Gasteiger partial charge in [-0.05, 0) is 19.4 Å². The number of unbranched alkanes of at least 4 members (excludes halogenated alkanes) is 13. The molecule has 182 valence electrons. The normalized spacial score (nSPS) is 22.6. The summed E-state index contributed by atoms with van der Waals surface area (Å²) in [5.41, 5.74) is -0.828. The minimum atomic E-state index is -4.42. The highest BCUT2D eigenvalue weighted by atomic mass is 31.2. The van der Waals surface area contributed by atoms with E-state index in [4.69, 9.17) is 9.78 Å². The van der Waals surface area contributed by atoms with Crippen molar-refractivity contribution in [3.05, 3.63) is 24.3 Å². The number of hydrogen-bond acceptors (Lipinski definition) is 5. The molecular weight excluding hydrogens is 415 g/mol. The second kappa shape index (κ2) is 17.0. The fourth-order valence-electron chi connectivity index (χ4n) is 3.52. The van der Waals surface area contributed by atoms with E-state index in [1.54, 1.807) is 19.1 Å². The molecule has 0 amide bonds. The highest BCUT2D eigenvalue weighted by molar-refractivity contribution is 7.47. The van der Waals surface area contributed by atoms with Gasteiger partial charge in [0.1, 0.15) is 5.60 Å². The lowest BCUT2D eigenvalue weighted by Crippen LogP contribution is -2.34. The largest absolute Gasteiger partial charge is 0.526 e. The third-order valence-corrected chi connectivity index (χ3v) is 6.44. The van der Waals surface area contributed by atoms with Gasteiger partial charge in [0.05, 0.1) is 6.61 Å². The Labute approximate surface area is 189 Å². The Morgan fingerprint density at radius 3 is 1.87 bits per heavy atom. The van der Waals surface area contributed by atoms with Crippen LogP contribution in [0.2, 0.25) is 0 Å². The maximum Gasteiger partial charge on any atom is 0.526 e. The van der Waals surface area contributed by atoms with Gasteiger partial charge in [-0.3, -0.25) is 4.89 Å². The number of phosphoric acid groups is 1. The van der Waals surface area contributed by atoms with Crippen molar-refractivity contribution in [1.82, 2.24) is 0 Å². The van der Waals surface area contributed by atoms with E-state index >= 15 is 0 Å². The smallest absolute Gasteiger partial charge is 0.299 e. The van der Waals surface area contributed by atoms with Crippen LogP contribution >= 0.6 is 7.82 Å². The molecule has 3 atom stereocenters. The first kappa shape index (κ1) is 28.5. The summed E-state index contributed by atoms with van der Waals surface area (Å²) in [6.07, 6.45) is 25.2. The van der Waals surface area contributed by atoms with Crippen molar-refractivity contribution >= 4 is 7.82 Å². The quantitative estimate of drug-likeness (QED) is 0.0859. The molecule has 0 fully saturated rings. The monoisotopic (exact) mass is 460 g/mol. The fourth-order valence-corrected chi connectivity index (χ4v) is 4.01. The molecule has 0 aromatic rings. The van der Waals surface area contributed by atoms with Crippen LogP contribution < -0.4 is 0 Å². The molecular formula is C24H45O6P. The van der Waals surface area contributed by atoms with E-state index in [-0.39, 0.29) is 12.5 Å². The highest BCUT2D eigenvalue weighted by Crippen LogP contribution is 2.46. The molecule has 0 aromatic carbocycles. The fraction of sp³-hybridized carbons (Fsp3) is 0.833. The van der Waals surface area contributed by atoms with E-state index in [1.807, 2.05) is 19.1 Å². The molecule has 1 aliphatic carbocycles. The second-order valence-corrected chi connectivity index (χ2v) is 10.1. The average molecular weight is 461 g/mol. The highest BCUT2D eigenvalue weighted by Gasteiger charge is 2.35. The first-order valence-corrected chi connectivity index (χ1v) is 13.8. The summed E-state index contributed by atoms with van der Waals surface area (Å²) in [7, 11) is -4.42. The molecule has 0 spiro atoms. The van der Waals surface area contributed by atoms with Crippen molar-refractivity contribution in [2.75, 3.05) is 6.61 Å². The zero-order valence-corrected chi connectivity index (χ0v) is 20.8. The van der Waals surface area contributed by atoms with Crippen molar-refractivity contribution in [1.29, 1.82) is 0 Å². The Kier molecular flexibility index (Phi) is 15.7. The van der Waals surface area contributed by atoms with Crippen molar-refractivity contribution in [3.63, 3.8) is 0 Å². The number of hydrogen-bond donors (Lipinski definition) is 1. The minimum absolute atomic E-state index is 0.00559. The van der Waals surface area contributed by atoms with Crippen LogP contribution in [0.5, 0.6) is 0 Å². The predicted molar refractivity (Wildman–Crippen MR) is 125 cm³/mol. The summed E-state index contributed by atoms with van der Waals surface area (Å²) in [4.78, 5) is 19.7. The molecule has 0 saturated heterocycles. The Balaban J connectivity index is 1.90. The number of rotatable bonds is 20. The third kappa shape index (κ3) is 14.3. The molecule has 6 nitrogen and oxygen atoms in total. The molecule has 31 heavy (non-hydrogen) atoms. The molecule has 1 aliphatic rings. The van der Waals surface area contributed by atoms with Gasteiger partial charge in [-0.15, -0.1) is 9.35 Å². The lowest BCUT2D eigenvalue weighted by molar-refractivity contribution is -0.318. The van der Waals surface area contributed by atoms with E-state index < -0.39 is 13.4 Å². The van der Waals surface area contributed by atoms with Gasteiger partial charge in [0, 0.05) is 5.92 Å². The Hall–Kier alpha value is -0.490. The predicted octanol–water partition coefficient (Wildman–Crippen LogP) is 7.99. The summed E-state index contributed by atoms with van der Waals surface area (Å²) in [5, 5.41) is 0. The van der Waals surface area contributed by atoms with Crippen molar-refractivity contribution in [2.45, 2.75) is 116 Å². The zero-order valence-electron chi connectivity index (χ0n) is 19.9. The molecule has 0 saturated carbocycles. The van der Waals surface area contributed by atoms with Crippen LogP contribution in [0.25, 0.3) is 0 Å². The molecule has 0 heterocycles. The topological polar surface area (TPSA) is 74.2 Å². The van der Waals surface area contributed by atoms with Gasteiger partial charge < -0.3 is 0 Å². The Morgan fingerprint density at radius 2 is 1.35 bits per heavy atom. The Bertz CT molecular complexity index is 550. The standard InChI is InChI=1S/C24H45O6P/c1-4-5-6-7-8-9-10-11-12-13-14-15-16-19-22-27-29-31(25,26)30-28-24(3)21-18-17-20-23(24)2/h17-18,20-21,23H,4-16,19,22H2,1-3H3,(H,25,26). The minimum Gasteiger partial charge on any atom is -0.299 e. The molecule has 0 aromatic heterocycles. The lowest BCUT2D eigenvalue weighted by Gasteiger charge is -2.31. The average Bonchev–Trinajstić information content (AvgIpc) is 2.74. The first-order chi connectivity index (χ1) is 14.9. The van der Waals surface area contributed by atoms with Crippen LogP contribution in [0.1, 0.15) is 111 Å². The van der Waals surface area contributed by atoms with Crippen LogP contribution in [-0.4, -0.2) is 17.1 Å². The van der Waals surface area contributed by atoms with Gasteiger partial charge >= 0.3 is 7.82 Å². The molecule has 3 unspecified atom stereocenters. The van der Waals surface area contributed by atoms with E-state index in [2.05, 4.69) is 16.3 Å². The summed E-state index contributed by atoms with van der Waals surface area (Å²) < 4.78 is 21.1. The maximum atomic E-state index is 11.9.